The number of aliphatic carboxylic acids is 2. The first kappa shape index (κ1) is 31.0. The second kappa shape index (κ2) is 13.0. The Morgan fingerprint density at radius 1 is 1.08 bits per heavy atom. The molecule has 2 N–H and O–H groups in total. The first-order chi connectivity index (χ1) is 17.6. The van der Waals surface area contributed by atoms with E-state index in [2.05, 4.69) is 15.0 Å². The van der Waals surface area contributed by atoms with Gasteiger partial charge in [0.15, 0.2) is 0 Å². The number of hydrogen-bond acceptors (Lipinski definition) is 8. The van der Waals surface area contributed by atoms with Crippen molar-refractivity contribution in [3.63, 3.8) is 0 Å². The fourth-order valence-corrected chi connectivity index (χ4v) is 3.76. The number of carboxylic acids is 2. The number of pyridine rings is 1. The molecule has 0 saturated carbocycles. The average Bonchev–Trinajstić information content (AvgIpc) is 3.51. The third-order valence-corrected chi connectivity index (χ3v) is 5.65. The quantitative estimate of drug-likeness (QED) is 0.527. The predicted octanol–water partition coefficient (Wildman–Crippen LogP) is 3.37. The van der Waals surface area contributed by atoms with Crippen LogP contribution in [0.4, 0.5) is 26.3 Å². The van der Waals surface area contributed by atoms with E-state index in [0.29, 0.717) is 18.6 Å². The number of likely N-dealkylation sites (tertiary alicyclic amines) is 1. The van der Waals surface area contributed by atoms with Crippen LogP contribution in [-0.4, -0.2) is 81.4 Å². The number of aryl methyl sites for hydroxylation is 2. The molecule has 0 amide bonds. The number of halogens is 6. The molecular formula is C22H25F6N3O7. The molecule has 212 valence electrons. The number of nitrogens with zero attached hydrogens (tertiary/aromatic N) is 3. The second-order valence-electron chi connectivity index (χ2n) is 8.28. The van der Waals surface area contributed by atoms with Crippen LogP contribution in [0.15, 0.2) is 28.9 Å². The smallest absolute Gasteiger partial charge is 0.475 e. The molecule has 16 heteroatoms. The molecule has 2 aliphatic heterocycles. The normalized spacial score (nSPS) is 21.1. The lowest BCUT2D eigenvalue weighted by Gasteiger charge is -2.21. The molecule has 0 spiro atoms. The summed E-state index contributed by atoms with van der Waals surface area (Å²) in [5.41, 5.74) is 3.13. The molecule has 0 aliphatic carbocycles. The van der Waals surface area contributed by atoms with Gasteiger partial charge in [0.1, 0.15) is 5.76 Å². The van der Waals surface area contributed by atoms with Gasteiger partial charge in [0, 0.05) is 36.8 Å². The first-order valence-corrected chi connectivity index (χ1v) is 11.0. The highest BCUT2D eigenvalue weighted by Gasteiger charge is 2.46. The van der Waals surface area contributed by atoms with Gasteiger partial charge in [-0.25, -0.2) is 9.59 Å². The molecule has 2 aromatic heterocycles. The summed E-state index contributed by atoms with van der Waals surface area (Å²) in [7, 11) is 0. The molecule has 2 saturated heterocycles. The van der Waals surface area contributed by atoms with E-state index in [4.69, 9.17) is 33.8 Å². The van der Waals surface area contributed by atoms with Gasteiger partial charge in [-0.05, 0) is 26.0 Å². The lowest BCUT2D eigenvalue weighted by Crippen LogP contribution is -2.32. The molecule has 0 bridgehead atoms. The highest BCUT2D eigenvalue weighted by Crippen LogP contribution is 2.34. The number of carbonyl (C=O) groups is 2. The van der Waals surface area contributed by atoms with Crippen LogP contribution in [-0.2, 0) is 32.2 Å². The fourth-order valence-electron chi connectivity index (χ4n) is 3.76. The number of fused-ring (bicyclic) bond motifs is 1. The molecule has 2 aliphatic rings. The van der Waals surface area contributed by atoms with E-state index in [9.17, 15) is 26.3 Å². The highest BCUT2D eigenvalue weighted by molar-refractivity contribution is 5.73. The zero-order chi connectivity index (χ0) is 28.7. The number of aromatic nitrogens is 2. The van der Waals surface area contributed by atoms with Crippen molar-refractivity contribution < 1.29 is 60.1 Å². The standard InChI is InChI=1S/C18H23N3O3.2C2HF3O2/c1-12-15(13(2)24-20-12)7-21-8-18(16-10-22-11-17(16)21)23-9-14-5-3-4-6-19-14;2*3-2(4,5)1(6)7/h3-6,16-18H,7-11H2,1-2H3;2*(H,6,7)/t16-,17+,18-;;/m0../s1. The van der Waals surface area contributed by atoms with E-state index < -0.39 is 24.3 Å². The Labute approximate surface area is 212 Å². The molecule has 0 aromatic carbocycles. The van der Waals surface area contributed by atoms with Gasteiger partial charge in [0.05, 0.1) is 37.3 Å². The topological polar surface area (TPSA) is 135 Å². The van der Waals surface area contributed by atoms with Crippen LogP contribution in [0.5, 0.6) is 0 Å². The summed E-state index contributed by atoms with van der Waals surface area (Å²) in [6.07, 6.45) is -8.18. The van der Waals surface area contributed by atoms with Crippen molar-refractivity contribution in [3.8, 4) is 0 Å². The lowest BCUT2D eigenvalue weighted by molar-refractivity contribution is -0.193. The molecule has 10 nitrogen and oxygen atoms in total. The number of carboxylic acid groups (broad SMARTS) is 2. The Morgan fingerprint density at radius 3 is 2.16 bits per heavy atom. The van der Waals surface area contributed by atoms with Crippen molar-refractivity contribution in [1.82, 2.24) is 15.0 Å². The minimum atomic E-state index is -5.08. The summed E-state index contributed by atoms with van der Waals surface area (Å²) in [6, 6.07) is 6.32. The van der Waals surface area contributed by atoms with Crippen LogP contribution in [0.3, 0.4) is 0 Å². The van der Waals surface area contributed by atoms with Crippen molar-refractivity contribution in [1.29, 1.82) is 0 Å². The van der Waals surface area contributed by atoms with E-state index in [1.165, 1.54) is 5.56 Å². The average molecular weight is 557 g/mol. The second-order valence-corrected chi connectivity index (χ2v) is 8.28. The van der Waals surface area contributed by atoms with Crippen molar-refractivity contribution in [2.45, 2.75) is 51.5 Å². The Balaban J connectivity index is 0.000000301. The van der Waals surface area contributed by atoms with Gasteiger partial charge in [0.2, 0.25) is 0 Å². The van der Waals surface area contributed by atoms with Gasteiger partial charge in [-0.1, -0.05) is 11.2 Å². The van der Waals surface area contributed by atoms with Crippen LogP contribution in [0.1, 0.15) is 22.7 Å². The van der Waals surface area contributed by atoms with Crippen LogP contribution in [0.2, 0.25) is 0 Å². The van der Waals surface area contributed by atoms with Gasteiger partial charge in [0.25, 0.3) is 0 Å². The molecule has 0 radical (unpaired) electrons. The van der Waals surface area contributed by atoms with Crippen LogP contribution < -0.4 is 0 Å². The number of alkyl halides is 6. The molecule has 0 unspecified atom stereocenters. The lowest BCUT2D eigenvalue weighted by atomic mass is 10.0. The largest absolute Gasteiger partial charge is 0.490 e. The van der Waals surface area contributed by atoms with Crippen molar-refractivity contribution in [2.75, 3.05) is 19.8 Å². The van der Waals surface area contributed by atoms with E-state index in [0.717, 1.165) is 43.5 Å². The fraction of sp³-hybridized carbons (Fsp3) is 0.545. The van der Waals surface area contributed by atoms with E-state index in [1.807, 2.05) is 32.0 Å². The molecule has 4 heterocycles. The number of ether oxygens (including phenoxy) is 2. The molecule has 4 rings (SSSR count). The van der Waals surface area contributed by atoms with Crippen LogP contribution in [0.25, 0.3) is 0 Å². The Morgan fingerprint density at radius 2 is 1.68 bits per heavy atom. The monoisotopic (exact) mass is 557 g/mol. The summed E-state index contributed by atoms with van der Waals surface area (Å²) in [5, 5.41) is 18.3. The van der Waals surface area contributed by atoms with Crippen molar-refractivity contribution in [3.05, 3.63) is 47.1 Å². The van der Waals surface area contributed by atoms with Crippen molar-refractivity contribution >= 4 is 11.9 Å². The molecule has 2 fully saturated rings. The summed E-state index contributed by atoms with van der Waals surface area (Å²) >= 11 is 0. The summed E-state index contributed by atoms with van der Waals surface area (Å²) in [4.78, 5) is 24.6. The van der Waals surface area contributed by atoms with Gasteiger partial charge in [-0.15, -0.1) is 0 Å². The van der Waals surface area contributed by atoms with Gasteiger partial charge >= 0.3 is 24.3 Å². The van der Waals surface area contributed by atoms with Crippen LogP contribution in [0, 0.1) is 19.8 Å². The zero-order valence-electron chi connectivity index (χ0n) is 20.1. The Hall–Kier alpha value is -3.24. The Kier molecular flexibility index (Phi) is 10.6. The van der Waals surface area contributed by atoms with Gasteiger partial charge in [-0.2, -0.15) is 26.3 Å². The number of rotatable bonds is 5. The van der Waals surface area contributed by atoms with Crippen LogP contribution >= 0.6 is 0 Å². The maximum Gasteiger partial charge on any atom is 0.490 e. The third kappa shape index (κ3) is 8.95. The van der Waals surface area contributed by atoms with E-state index in [1.54, 1.807) is 6.20 Å². The maximum absolute atomic E-state index is 10.6. The number of hydrogen-bond donors (Lipinski definition) is 2. The minimum Gasteiger partial charge on any atom is -0.475 e. The summed E-state index contributed by atoms with van der Waals surface area (Å²) < 4.78 is 80.7. The molecular weight excluding hydrogens is 532 g/mol. The highest BCUT2D eigenvalue weighted by atomic mass is 19.4. The zero-order valence-corrected chi connectivity index (χ0v) is 20.1. The van der Waals surface area contributed by atoms with E-state index >= 15 is 0 Å². The maximum atomic E-state index is 10.6. The first-order valence-electron chi connectivity index (χ1n) is 11.0. The Bertz CT molecular complexity index is 1020. The SMILES string of the molecule is Cc1noc(C)c1CN1C[C@H](OCc2ccccn2)[C@H]2COC[C@H]21.O=C(O)C(F)(F)F.O=C(O)C(F)(F)F. The summed E-state index contributed by atoms with van der Waals surface area (Å²) in [6.45, 7) is 7.83. The minimum absolute atomic E-state index is 0.181. The molecule has 2 aromatic rings. The van der Waals surface area contributed by atoms with Gasteiger partial charge < -0.3 is 24.2 Å². The molecule has 38 heavy (non-hydrogen) atoms. The van der Waals surface area contributed by atoms with E-state index in [-0.39, 0.29) is 6.10 Å². The third-order valence-electron chi connectivity index (χ3n) is 5.65. The summed E-state index contributed by atoms with van der Waals surface area (Å²) in [5.74, 6) is -4.19. The van der Waals surface area contributed by atoms with Gasteiger partial charge in [-0.3, -0.25) is 9.88 Å². The van der Waals surface area contributed by atoms with Crippen molar-refractivity contribution in [2.24, 2.45) is 5.92 Å². The molecule has 3 atom stereocenters. The predicted molar refractivity (Wildman–Crippen MR) is 115 cm³/mol.